The van der Waals surface area contributed by atoms with E-state index in [0.717, 1.165) is 0 Å². The lowest BCUT2D eigenvalue weighted by atomic mass is 10.3. The predicted octanol–water partition coefficient (Wildman–Crippen LogP) is 3.32. The summed E-state index contributed by atoms with van der Waals surface area (Å²) in [6.07, 6.45) is -0.553. The van der Waals surface area contributed by atoms with E-state index in [0.29, 0.717) is 5.02 Å². The Hall–Kier alpha value is -1.29. The van der Waals surface area contributed by atoms with Gasteiger partial charge in [0.1, 0.15) is 5.75 Å². The van der Waals surface area contributed by atoms with Crippen molar-refractivity contribution in [2.75, 3.05) is 0 Å². The summed E-state index contributed by atoms with van der Waals surface area (Å²) < 4.78 is 22.1. The quantitative estimate of drug-likeness (QED) is 0.578. The summed E-state index contributed by atoms with van der Waals surface area (Å²) in [7, 11) is 0. The first-order chi connectivity index (χ1) is 7.07. The highest BCUT2D eigenvalue weighted by Gasteiger charge is 2.48. The van der Waals surface area contributed by atoms with Crippen molar-refractivity contribution in [1.29, 1.82) is 0 Å². The summed E-state index contributed by atoms with van der Waals surface area (Å²) in [4.78, 5) is 11.0. The van der Waals surface area contributed by atoms with Crippen LogP contribution in [-0.2, 0) is 4.74 Å². The SMILES string of the molecule is O=C(Oc1ccc(Cl)cc1)OC1(F)CC1. The van der Waals surface area contributed by atoms with Crippen molar-refractivity contribution in [2.45, 2.75) is 18.7 Å². The van der Waals surface area contributed by atoms with Crippen LogP contribution in [0, 0.1) is 0 Å². The predicted molar refractivity (Wildman–Crippen MR) is 51.6 cm³/mol. The Balaban J connectivity index is 1.91. The third-order valence-electron chi connectivity index (χ3n) is 1.92. The summed E-state index contributed by atoms with van der Waals surface area (Å²) in [5.74, 6) is -1.53. The van der Waals surface area contributed by atoms with Crippen LogP contribution in [-0.4, -0.2) is 12.0 Å². The zero-order chi connectivity index (χ0) is 10.9. The highest BCUT2D eigenvalue weighted by atomic mass is 35.5. The maximum Gasteiger partial charge on any atom is 0.516 e. The number of rotatable bonds is 2. The molecule has 0 heterocycles. The normalized spacial score (nSPS) is 16.9. The summed E-state index contributed by atoms with van der Waals surface area (Å²) >= 11 is 5.63. The molecule has 0 aliphatic heterocycles. The molecule has 1 aromatic carbocycles. The molecule has 0 N–H and O–H groups in total. The van der Waals surface area contributed by atoms with Gasteiger partial charge in [0.05, 0.1) is 0 Å². The van der Waals surface area contributed by atoms with Crippen molar-refractivity contribution in [3.63, 3.8) is 0 Å². The van der Waals surface area contributed by atoms with Crippen LogP contribution in [0.25, 0.3) is 0 Å². The lowest BCUT2D eigenvalue weighted by Crippen LogP contribution is -2.17. The molecule has 1 saturated carbocycles. The molecule has 80 valence electrons. The lowest BCUT2D eigenvalue weighted by Gasteiger charge is -2.07. The van der Waals surface area contributed by atoms with Crippen LogP contribution < -0.4 is 4.74 Å². The van der Waals surface area contributed by atoms with Gasteiger partial charge in [-0.3, -0.25) is 0 Å². The third kappa shape index (κ3) is 2.83. The minimum atomic E-state index is -1.80. The van der Waals surface area contributed by atoms with E-state index >= 15 is 0 Å². The minimum Gasteiger partial charge on any atom is -0.397 e. The van der Waals surface area contributed by atoms with Gasteiger partial charge in [0, 0.05) is 17.9 Å². The standard InChI is InChI=1S/C10H8ClFO3/c11-7-1-3-8(4-2-7)14-9(13)15-10(12)5-6-10/h1-4H,5-6H2. The third-order valence-corrected chi connectivity index (χ3v) is 2.18. The Morgan fingerprint density at radius 3 is 2.47 bits per heavy atom. The number of halogens is 2. The molecule has 2 rings (SSSR count). The number of carbonyl (C=O) groups excluding carboxylic acids is 1. The first kappa shape index (κ1) is 10.2. The van der Waals surface area contributed by atoms with Gasteiger partial charge in [-0.05, 0) is 24.3 Å². The van der Waals surface area contributed by atoms with E-state index in [1.165, 1.54) is 12.1 Å². The summed E-state index contributed by atoms with van der Waals surface area (Å²) in [6, 6.07) is 6.13. The van der Waals surface area contributed by atoms with Gasteiger partial charge in [-0.2, -0.15) is 4.39 Å². The fourth-order valence-electron chi connectivity index (χ4n) is 0.969. The molecule has 1 aliphatic carbocycles. The van der Waals surface area contributed by atoms with E-state index in [1.54, 1.807) is 12.1 Å². The van der Waals surface area contributed by atoms with Gasteiger partial charge in [0.15, 0.2) is 0 Å². The molecule has 0 unspecified atom stereocenters. The van der Waals surface area contributed by atoms with Gasteiger partial charge in [0.2, 0.25) is 0 Å². The Labute approximate surface area is 90.7 Å². The van der Waals surface area contributed by atoms with Crippen molar-refractivity contribution >= 4 is 17.8 Å². The van der Waals surface area contributed by atoms with Crippen LogP contribution in [0.4, 0.5) is 9.18 Å². The van der Waals surface area contributed by atoms with Crippen molar-refractivity contribution in [3.8, 4) is 5.75 Å². The van der Waals surface area contributed by atoms with Crippen molar-refractivity contribution in [1.82, 2.24) is 0 Å². The van der Waals surface area contributed by atoms with E-state index in [9.17, 15) is 9.18 Å². The van der Waals surface area contributed by atoms with Gasteiger partial charge < -0.3 is 9.47 Å². The zero-order valence-electron chi connectivity index (χ0n) is 7.70. The average Bonchev–Trinajstić information content (AvgIpc) is 2.87. The number of ether oxygens (including phenoxy) is 2. The average molecular weight is 231 g/mol. The second-order valence-corrected chi connectivity index (χ2v) is 3.73. The fraction of sp³-hybridized carbons (Fsp3) is 0.300. The minimum absolute atomic E-state index is 0.239. The number of hydrogen-bond acceptors (Lipinski definition) is 3. The van der Waals surface area contributed by atoms with Gasteiger partial charge in [-0.1, -0.05) is 11.6 Å². The highest BCUT2D eigenvalue weighted by molar-refractivity contribution is 6.30. The highest BCUT2D eigenvalue weighted by Crippen LogP contribution is 2.41. The smallest absolute Gasteiger partial charge is 0.397 e. The molecule has 0 radical (unpaired) electrons. The molecular formula is C10H8ClFO3. The molecule has 1 aliphatic rings. The maximum atomic E-state index is 13.0. The summed E-state index contributed by atoms with van der Waals surface area (Å²) in [5.41, 5.74) is 0. The molecule has 3 nitrogen and oxygen atoms in total. The van der Waals surface area contributed by atoms with E-state index in [4.69, 9.17) is 16.3 Å². The first-order valence-corrected chi connectivity index (χ1v) is 4.81. The van der Waals surface area contributed by atoms with Gasteiger partial charge >= 0.3 is 6.16 Å². The Morgan fingerprint density at radius 1 is 1.33 bits per heavy atom. The van der Waals surface area contributed by atoms with Crippen LogP contribution >= 0.6 is 11.6 Å². The van der Waals surface area contributed by atoms with Crippen LogP contribution in [0.15, 0.2) is 24.3 Å². The van der Waals surface area contributed by atoms with Gasteiger partial charge in [-0.25, -0.2) is 4.79 Å². The van der Waals surface area contributed by atoms with Gasteiger partial charge in [-0.15, -0.1) is 0 Å². The first-order valence-electron chi connectivity index (χ1n) is 4.43. The molecule has 0 atom stereocenters. The molecule has 0 saturated heterocycles. The second kappa shape index (κ2) is 3.70. The molecule has 5 heteroatoms. The van der Waals surface area contributed by atoms with Crippen LogP contribution in [0.2, 0.25) is 5.02 Å². The summed E-state index contributed by atoms with van der Waals surface area (Å²) in [5, 5.41) is 0.528. The number of alkyl halides is 1. The maximum absolute atomic E-state index is 13.0. The van der Waals surface area contributed by atoms with E-state index in [2.05, 4.69) is 4.74 Å². The zero-order valence-corrected chi connectivity index (χ0v) is 8.46. The summed E-state index contributed by atoms with van der Waals surface area (Å²) in [6.45, 7) is 0. The van der Waals surface area contributed by atoms with Crippen molar-refractivity contribution < 1.29 is 18.7 Å². The number of hydrogen-bond donors (Lipinski definition) is 0. The van der Waals surface area contributed by atoms with Gasteiger partial charge in [0.25, 0.3) is 5.85 Å². The van der Waals surface area contributed by atoms with E-state index in [-0.39, 0.29) is 18.6 Å². The molecule has 1 aromatic rings. The monoisotopic (exact) mass is 230 g/mol. The van der Waals surface area contributed by atoms with Crippen LogP contribution in [0.5, 0.6) is 5.75 Å². The lowest BCUT2D eigenvalue weighted by molar-refractivity contribution is -0.0306. The van der Waals surface area contributed by atoms with E-state index < -0.39 is 12.0 Å². The molecule has 0 bridgehead atoms. The van der Waals surface area contributed by atoms with Crippen molar-refractivity contribution in [2.24, 2.45) is 0 Å². The largest absolute Gasteiger partial charge is 0.516 e. The molecule has 0 spiro atoms. The molecule has 0 amide bonds. The Morgan fingerprint density at radius 2 is 1.93 bits per heavy atom. The Bertz CT molecular complexity index is 373. The number of carbonyl (C=O) groups is 1. The van der Waals surface area contributed by atoms with Crippen LogP contribution in [0.1, 0.15) is 12.8 Å². The second-order valence-electron chi connectivity index (χ2n) is 3.29. The fourth-order valence-corrected chi connectivity index (χ4v) is 1.10. The van der Waals surface area contributed by atoms with Crippen LogP contribution in [0.3, 0.4) is 0 Å². The number of benzene rings is 1. The molecule has 15 heavy (non-hydrogen) atoms. The molecule has 1 fully saturated rings. The van der Waals surface area contributed by atoms with E-state index in [1.807, 2.05) is 0 Å². The Kier molecular flexibility index (Phi) is 2.52. The topological polar surface area (TPSA) is 35.5 Å². The van der Waals surface area contributed by atoms with Crippen molar-refractivity contribution in [3.05, 3.63) is 29.3 Å². The molecular weight excluding hydrogens is 223 g/mol. The molecule has 0 aromatic heterocycles.